The van der Waals surface area contributed by atoms with Gasteiger partial charge in [-0.25, -0.2) is 4.98 Å². The van der Waals surface area contributed by atoms with Gasteiger partial charge >= 0.3 is 0 Å². The summed E-state index contributed by atoms with van der Waals surface area (Å²) < 4.78 is 8.50. The lowest BCUT2D eigenvalue weighted by Gasteiger charge is -2.03. The maximum atomic E-state index is 5.63. The molecule has 18 heavy (non-hydrogen) atoms. The third kappa shape index (κ3) is 2.36. The maximum absolute atomic E-state index is 5.63. The highest BCUT2D eigenvalue weighted by atomic mass is 79.9. The molecule has 0 spiro atoms. The van der Waals surface area contributed by atoms with Gasteiger partial charge in [0, 0.05) is 23.1 Å². The van der Waals surface area contributed by atoms with Gasteiger partial charge in [0.1, 0.15) is 18.0 Å². The van der Waals surface area contributed by atoms with Crippen molar-refractivity contribution in [1.82, 2.24) is 14.4 Å². The Morgan fingerprint density at radius 3 is 3.06 bits per heavy atom. The first kappa shape index (κ1) is 11.2. The molecular weight excluding hydrogens is 294 g/mol. The van der Waals surface area contributed by atoms with Gasteiger partial charge in [-0.05, 0) is 34.1 Å². The SMILES string of the molecule is Brc1cncc(OCc2cn3ccccc3n2)c1. The van der Waals surface area contributed by atoms with Gasteiger partial charge in [0.2, 0.25) is 0 Å². The zero-order valence-electron chi connectivity index (χ0n) is 9.45. The minimum Gasteiger partial charge on any atom is -0.486 e. The summed E-state index contributed by atoms with van der Waals surface area (Å²) in [7, 11) is 0. The van der Waals surface area contributed by atoms with Crippen LogP contribution in [0.2, 0.25) is 0 Å². The second-order valence-electron chi connectivity index (χ2n) is 3.83. The standard InChI is InChI=1S/C13H10BrN3O/c14-10-5-12(7-15-6-10)18-9-11-8-17-4-2-1-3-13(17)16-11/h1-8H,9H2. The van der Waals surface area contributed by atoms with E-state index in [4.69, 9.17) is 4.74 Å². The topological polar surface area (TPSA) is 39.4 Å². The zero-order valence-corrected chi connectivity index (χ0v) is 11.0. The van der Waals surface area contributed by atoms with E-state index in [-0.39, 0.29) is 0 Å². The Hall–Kier alpha value is -1.88. The van der Waals surface area contributed by atoms with Crippen LogP contribution in [0.5, 0.6) is 5.75 Å². The van der Waals surface area contributed by atoms with E-state index in [1.54, 1.807) is 12.4 Å². The van der Waals surface area contributed by atoms with Gasteiger partial charge in [0.15, 0.2) is 0 Å². The van der Waals surface area contributed by atoms with Gasteiger partial charge in [0.25, 0.3) is 0 Å². The van der Waals surface area contributed by atoms with Crippen LogP contribution in [0.4, 0.5) is 0 Å². The molecule has 0 N–H and O–H groups in total. The number of aromatic nitrogens is 3. The van der Waals surface area contributed by atoms with Gasteiger partial charge < -0.3 is 9.14 Å². The molecule has 0 fully saturated rings. The number of hydrogen-bond acceptors (Lipinski definition) is 3. The first-order chi connectivity index (χ1) is 8.81. The first-order valence-corrected chi connectivity index (χ1v) is 6.26. The second kappa shape index (κ2) is 4.78. The summed E-state index contributed by atoms with van der Waals surface area (Å²) >= 11 is 3.35. The van der Waals surface area contributed by atoms with Crippen molar-refractivity contribution in [3.8, 4) is 5.75 Å². The van der Waals surface area contributed by atoms with E-state index in [0.717, 1.165) is 21.6 Å². The summed E-state index contributed by atoms with van der Waals surface area (Å²) in [5.74, 6) is 0.724. The minimum absolute atomic E-state index is 0.430. The molecule has 0 aliphatic rings. The highest BCUT2D eigenvalue weighted by Crippen LogP contribution is 2.17. The fourth-order valence-corrected chi connectivity index (χ4v) is 2.03. The molecule has 0 saturated heterocycles. The van der Waals surface area contributed by atoms with E-state index in [2.05, 4.69) is 25.9 Å². The largest absolute Gasteiger partial charge is 0.486 e. The van der Waals surface area contributed by atoms with Gasteiger partial charge in [0.05, 0.1) is 11.9 Å². The number of imidazole rings is 1. The molecule has 0 amide bonds. The fourth-order valence-electron chi connectivity index (χ4n) is 1.69. The third-order valence-electron chi connectivity index (χ3n) is 2.48. The normalized spacial score (nSPS) is 10.7. The van der Waals surface area contributed by atoms with Gasteiger partial charge in [-0.2, -0.15) is 0 Å². The molecule has 0 saturated carbocycles. The van der Waals surface area contributed by atoms with Crippen LogP contribution in [0.15, 0.2) is 53.5 Å². The highest BCUT2D eigenvalue weighted by Gasteiger charge is 2.02. The van der Waals surface area contributed by atoms with Crippen LogP contribution in [0, 0.1) is 0 Å². The lowest BCUT2D eigenvalue weighted by atomic mass is 10.4. The van der Waals surface area contributed by atoms with Crippen LogP contribution in [0.1, 0.15) is 5.69 Å². The van der Waals surface area contributed by atoms with Crippen molar-refractivity contribution in [2.24, 2.45) is 0 Å². The van der Waals surface area contributed by atoms with Crippen molar-refractivity contribution in [3.63, 3.8) is 0 Å². The monoisotopic (exact) mass is 303 g/mol. The third-order valence-corrected chi connectivity index (χ3v) is 2.91. The molecular formula is C13H10BrN3O. The fraction of sp³-hybridized carbons (Fsp3) is 0.0769. The van der Waals surface area contributed by atoms with E-state index < -0.39 is 0 Å². The molecule has 0 bridgehead atoms. The first-order valence-electron chi connectivity index (χ1n) is 5.47. The Labute approximate surface area is 112 Å². The van der Waals surface area contributed by atoms with Crippen LogP contribution < -0.4 is 4.74 Å². The molecule has 90 valence electrons. The van der Waals surface area contributed by atoms with Crippen LogP contribution in [0.25, 0.3) is 5.65 Å². The van der Waals surface area contributed by atoms with E-state index in [1.807, 2.05) is 41.1 Å². The molecule has 3 heterocycles. The van der Waals surface area contributed by atoms with Gasteiger partial charge in [-0.3, -0.25) is 4.98 Å². The molecule has 0 aliphatic carbocycles. The van der Waals surface area contributed by atoms with E-state index >= 15 is 0 Å². The summed E-state index contributed by atoms with van der Waals surface area (Å²) in [6.07, 6.45) is 7.32. The van der Waals surface area contributed by atoms with Crippen molar-refractivity contribution in [1.29, 1.82) is 0 Å². The van der Waals surface area contributed by atoms with E-state index in [0.29, 0.717) is 6.61 Å². The maximum Gasteiger partial charge on any atom is 0.139 e. The predicted molar refractivity (Wildman–Crippen MR) is 71.5 cm³/mol. The van der Waals surface area contributed by atoms with Crippen LogP contribution >= 0.6 is 15.9 Å². The van der Waals surface area contributed by atoms with Crippen LogP contribution in [-0.4, -0.2) is 14.4 Å². The molecule has 0 aromatic carbocycles. The van der Waals surface area contributed by atoms with Gasteiger partial charge in [-0.15, -0.1) is 0 Å². The Morgan fingerprint density at radius 2 is 2.22 bits per heavy atom. The molecule has 3 rings (SSSR count). The Morgan fingerprint density at radius 1 is 1.28 bits per heavy atom. The Kier molecular flexibility index (Phi) is 2.98. The average molecular weight is 304 g/mol. The Bertz CT molecular complexity index is 648. The number of hydrogen-bond donors (Lipinski definition) is 0. The molecule has 3 aromatic rings. The van der Waals surface area contributed by atoms with Crippen LogP contribution in [0.3, 0.4) is 0 Å². The number of pyridine rings is 2. The summed E-state index contributed by atoms with van der Waals surface area (Å²) in [5, 5.41) is 0. The molecule has 0 atom stereocenters. The van der Waals surface area contributed by atoms with Crippen molar-refractivity contribution in [3.05, 3.63) is 59.2 Å². The lowest BCUT2D eigenvalue weighted by molar-refractivity contribution is 0.300. The van der Waals surface area contributed by atoms with E-state index in [1.165, 1.54) is 0 Å². The van der Waals surface area contributed by atoms with Crippen LogP contribution in [-0.2, 0) is 6.61 Å². The molecule has 4 nitrogen and oxygen atoms in total. The second-order valence-corrected chi connectivity index (χ2v) is 4.74. The number of halogens is 1. The van der Waals surface area contributed by atoms with Gasteiger partial charge in [-0.1, -0.05) is 6.07 Å². The van der Waals surface area contributed by atoms with Crippen molar-refractivity contribution < 1.29 is 4.74 Å². The summed E-state index contributed by atoms with van der Waals surface area (Å²) in [6.45, 7) is 0.430. The highest BCUT2D eigenvalue weighted by molar-refractivity contribution is 9.10. The quantitative estimate of drug-likeness (QED) is 0.746. The van der Waals surface area contributed by atoms with E-state index in [9.17, 15) is 0 Å². The number of nitrogens with zero attached hydrogens (tertiary/aromatic N) is 3. The molecule has 5 heteroatoms. The summed E-state index contributed by atoms with van der Waals surface area (Å²) in [5.41, 5.74) is 1.81. The molecule has 0 unspecified atom stereocenters. The molecule has 0 aliphatic heterocycles. The van der Waals surface area contributed by atoms with Crippen molar-refractivity contribution in [2.75, 3.05) is 0 Å². The average Bonchev–Trinajstić information content (AvgIpc) is 2.79. The number of rotatable bonds is 3. The summed E-state index contributed by atoms with van der Waals surface area (Å²) in [4.78, 5) is 8.50. The summed E-state index contributed by atoms with van der Waals surface area (Å²) in [6, 6.07) is 7.77. The van der Waals surface area contributed by atoms with Crippen molar-refractivity contribution >= 4 is 21.6 Å². The molecule has 0 radical (unpaired) electrons. The zero-order chi connectivity index (χ0) is 12.4. The number of fused-ring (bicyclic) bond motifs is 1. The number of ether oxygens (including phenoxy) is 1. The predicted octanol–water partition coefficient (Wildman–Crippen LogP) is 3.07. The Balaban J connectivity index is 1.76. The lowest BCUT2D eigenvalue weighted by Crippen LogP contribution is -1.95. The smallest absolute Gasteiger partial charge is 0.139 e. The molecule has 3 aromatic heterocycles. The van der Waals surface area contributed by atoms with Crippen molar-refractivity contribution in [2.45, 2.75) is 6.61 Å². The minimum atomic E-state index is 0.430.